The summed E-state index contributed by atoms with van der Waals surface area (Å²) in [6.07, 6.45) is 1.10. The Kier molecular flexibility index (Phi) is 6.84. The Balaban J connectivity index is 2.98. The summed E-state index contributed by atoms with van der Waals surface area (Å²) in [5.41, 5.74) is 0.280. The zero-order chi connectivity index (χ0) is 20.6. The monoisotopic (exact) mass is 404 g/mol. The van der Waals surface area contributed by atoms with Gasteiger partial charge in [-0.2, -0.15) is 8.42 Å². The van der Waals surface area contributed by atoms with Crippen LogP contribution in [0, 0.1) is 12.3 Å². The van der Waals surface area contributed by atoms with Crippen molar-refractivity contribution in [2.24, 2.45) is 5.41 Å². The molecule has 0 aliphatic rings. The first-order chi connectivity index (χ1) is 11.5. The first-order valence-electron chi connectivity index (χ1n) is 9.14. The van der Waals surface area contributed by atoms with Gasteiger partial charge in [-0.15, -0.1) is 11.3 Å². The highest BCUT2D eigenvalue weighted by molar-refractivity contribution is 7.87. The van der Waals surface area contributed by atoms with Crippen LogP contribution in [0.1, 0.15) is 78.7 Å². The van der Waals surface area contributed by atoms with Gasteiger partial charge in [0.25, 0.3) is 10.1 Å². The van der Waals surface area contributed by atoms with Crippen LogP contribution >= 0.6 is 11.3 Å². The molecule has 0 radical (unpaired) electrons. The smallest absolute Gasteiger partial charge is 0.270 e. The van der Waals surface area contributed by atoms with E-state index in [2.05, 4.69) is 46.1 Å². The van der Waals surface area contributed by atoms with Gasteiger partial charge in [-0.25, -0.2) is 0 Å². The molecule has 0 amide bonds. The molecule has 0 saturated heterocycles. The summed E-state index contributed by atoms with van der Waals surface area (Å²) in [4.78, 5) is 1.28. The second-order valence-electron chi connectivity index (χ2n) is 9.45. The fraction of sp³-hybridized carbons (Fsp3) is 0.800. The largest absolute Gasteiger partial charge is 0.374 e. The fourth-order valence-corrected chi connectivity index (χ4v) is 4.45. The van der Waals surface area contributed by atoms with Crippen LogP contribution in [0.25, 0.3) is 0 Å². The van der Waals surface area contributed by atoms with Crippen molar-refractivity contribution < 1.29 is 17.7 Å². The Morgan fingerprint density at radius 3 is 2.04 bits per heavy atom. The van der Waals surface area contributed by atoms with E-state index in [-0.39, 0.29) is 10.8 Å². The maximum atomic E-state index is 11.7. The molecule has 1 N–H and O–H groups in total. The molecule has 0 aromatic carbocycles. The molecule has 152 valence electrons. The van der Waals surface area contributed by atoms with Crippen LogP contribution < -0.4 is 0 Å². The fourth-order valence-electron chi connectivity index (χ4n) is 3.05. The van der Waals surface area contributed by atoms with Crippen LogP contribution in [0.4, 0.5) is 0 Å². The van der Waals surface area contributed by atoms with Gasteiger partial charge >= 0.3 is 0 Å². The molecule has 0 fully saturated rings. The van der Waals surface area contributed by atoms with E-state index < -0.39 is 20.5 Å². The number of hydrogen-bond acceptors (Lipinski definition) is 4. The summed E-state index contributed by atoms with van der Waals surface area (Å²) in [6, 6.07) is 2.20. The molecule has 1 unspecified atom stereocenters. The van der Waals surface area contributed by atoms with Crippen LogP contribution in [-0.2, 0) is 20.3 Å². The highest BCUT2D eigenvalue weighted by Crippen LogP contribution is 2.42. The van der Waals surface area contributed by atoms with Crippen LogP contribution in [0.5, 0.6) is 0 Å². The second kappa shape index (κ2) is 7.53. The van der Waals surface area contributed by atoms with Crippen molar-refractivity contribution in [1.29, 1.82) is 0 Å². The van der Waals surface area contributed by atoms with Crippen molar-refractivity contribution in [3.05, 3.63) is 21.9 Å². The zero-order valence-corrected chi connectivity index (χ0v) is 19.4. The molecule has 0 bridgehead atoms. The third-order valence-corrected chi connectivity index (χ3v) is 8.55. The molecule has 0 aliphatic carbocycles. The Morgan fingerprint density at radius 2 is 1.65 bits per heavy atom. The summed E-state index contributed by atoms with van der Waals surface area (Å²) in [6.45, 7) is 18.3. The van der Waals surface area contributed by atoms with Crippen molar-refractivity contribution in [2.75, 3.05) is 6.61 Å². The van der Waals surface area contributed by atoms with Crippen molar-refractivity contribution in [1.82, 2.24) is 0 Å². The highest BCUT2D eigenvalue weighted by Gasteiger charge is 2.44. The Morgan fingerprint density at radius 1 is 1.12 bits per heavy atom. The number of ether oxygens (including phenoxy) is 1. The summed E-state index contributed by atoms with van der Waals surface area (Å²) in [7, 11) is -4.12. The first-order valence-corrected chi connectivity index (χ1v) is 11.5. The molecule has 1 aromatic heterocycles. The average Bonchev–Trinajstić information content (AvgIpc) is 2.91. The number of aryl methyl sites for hydroxylation is 1. The van der Waals surface area contributed by atoms with Crippen molar-refractivity contribution >= 4 is 21.5 Å². The minimum atomic E-state index is -4.12. The SMILES string of the molecule is CCC(C)(COC(C)(C)C(C)(C)c1csc(C)c1)CC(C)(C)S(=O)(=O)O. The predicted molar refractivity (Wildman–Crippen MR) is 111 cm³/mol. The van der Waals surface area contributed by atoms with Crippen LogP contribution in [0.2, 0.25) is 0 Å². The maximum absolute atomic E-state index is 11.7. The van der Waals surface area contributed by atoms with E-state index >= 15 is 0 Å². The number of rotatable bonds is 9. The Bertz CT molecular complexity index is 714. The second-order valence-corrected chi connectivity index (χ2v) is 12.6. The van der Waals surface area contributed by atoms with Gasteiger partial charge in [0, 0.05) is 10.3 Å². The normalized spacial score (nSPS) is 16.5. The van der Waals surface area contributed by atoms with Gasteiger partial charge < -0.3 is 4.74 Å². The lowest BCUT2D eigenvalue weighted by molar-refractivity contribution is -0.101. The van der Waals surface area contributed by atoms with Crippen LogP contribution in [-0.4, -0.2) is 29.9 Å². The van der Waals surface area contributed by atoms with Gasteiger partial charge in [-0.1, -0.05) is 27.7 Å². The lowest BCUT2D eigenvalue weighted by Crippen LogP contribution is -2.48. The summed E-state index contributed by atoms with van der Waals surface area (Å²) in [5.74, 6) is 0. The molecule has 0 saturated carbocycles. The molecule has 0 spiro atoms. The first kappa shape index (κ1) is 23.6. The molecule has 4 nitrogen and oxygen atoms in total. The van der Waals surface area contributed by atoms with Gasteiger partial charge in [0.2, 0.25) is 0 Å². The minimum Gasteiger partial charge on any atom is -0.374 e. The minimum absolute atomic E-state index is 0.189. The van der Waals surface area contributed by atoms with Gasteiger partial charge in [0.05, 0.1) is 17.0 Å². The highest BCUT2D eigenvalue weighted by atomic mass is 32.2. The summed E-state index contributed by atoms with van der Waals surface area (Å²) < 4.78 is 38.2. The topological polar surface area (TPSA) is 63.6 Å². The van der Waals surface area contributed by atoms with Crippen molar-refractivity contribution in [2.45, 2.75) is 90.9 Å². The van der Waals surface area contributed by atoms with E-state index in [4.69, 9.17) is 4.74 Å². The molecule has 0 aliphatic heterocycles. The van der Waals surface area contributed by atoms with Crippen molar-refractivity contribution in [3.8, 4) is 0 Å². The third-order valence-electron chi connectivity index (χ3n) is 6.14. The van der Waals surface area contributed by atoms with Gasteiger partial charge in [0.15, 0.2) is 0 Å². The van der Waals surface area contributed by atoms with E-state index in [1.807, 2.05) is 13.8 Å². The van der Waals surface area contributed by atoms with E-state index in [9.17, 15) is 13.0 Å². The lowest BCUT2D eigenvalue weighted by Gasteiger charge is -2.44. The third kappa shape index (κ3) is 5.09. The maximum Gasteiger partial charge on any atom is 0.270 e. The Labute approximate surface area is 164 Å². The molecular weight excluding hydrogens is 368 g/mol. The van der Waals surface area contributed by atoms with Crippen LogP contribution in [0.3, 0.4) is 0 Å². The molecule has 1 rings (SSSR count). The molecule has 1 aromatic rings. The van der Waals surface area contributed by atoms with E-state index in [0.29, 0.717) is 13.0 Å². The molecule has 6 heteroatoms. The van der Waals surface area contributed by atoms with Crippen LogP contribution in [0.15, 0.2) is 11.4 Å². The average molecular weight is 405 g/mol. The van der Waals surface area contributed by atoms with E-state index in [0.717, 1.165) is 6.42 Å². The molecular formula is C20H36O4S2. The molecule has 1 atom stereocenters. The molecule has 1 heterocycles. The van der Waals surface area contributed by atoms with Gasteiger partial charge in [-0.3, -0.25) is 4.55 Å². The zero-order valence-electron chi connectivity index (χ0n) is 17.8. The predicted octanol–water partition coefficient (Wildman–Crippen LogP) is 5.60. The van der Waals surface area contributed by atoms with Crippen molar-refractivity contribution in [3.63, 3.8) is 0 Å². The quantitative estimate of drug-likeness (QED) is 0.544. The Hall–Kier alpha value is -0.430. The summed E-state index contributed by atoms with van der Waals surface area (Å²) in [5, 5.41) is 2.18. The number of thiophene rings is 1. The number of hydrogen-bond donors (Lipinski definition) is 1. The summed E-state index contributed by atoms with van der Waals surface area (Å²) >= 11 is 1.74. The standard InChI is InChI=1S/C20H36O4S2/c1-10-20(9,13-17(3,4)26(21,22)23)14-24-19(7,8)18(5,6)16-11-15(2)25-12-16/h11-12H,10,13-14H2,1-9H3,(H,21,22,23). The van der Waals surface area contributed by atoms with Gasteiger partial charge in [0.1, 0.15) is 0 Å². The van der Waals surface area contributed by atoms with Gasteiger partial charge in [-0.05, 0) is 69.9 Å². The lowest BCUT2D eigenvalue weighted by atomic mass is 9.72. The van der Waals surface area contributed by atoms with E-state index in [1.165, 1.54) is 10.4 Å². The van der Waals surface area contributed by atoms with E-state index in [1.54, 1.807) is 25.2 Å². The molecule has 26 heavy (non-hydrogen) atoms.